The van der Waals surface area contributed by atoms with Crippen molar-refractivity contribution in [1.29, 1.82) is 0 Å². The summed E-state index contributed by atoms with van der Waals surface area (Å²) in [6, 6.07) is 6.04. The van der Waals surface area contributed by atoms with Crippen molar-refractivity contribution in [2.75, 3.05) is 14.2 Å². The molecule has 4 atom stereocenters. The Hall–Kier alpha value is -1.26. The van der Waals surface area contributed by atoms with E-state index in [0.717, 1.165) is 41.2 Å². The number of nitrogens with one attached hydrogen (secondary N) is 1. The fraction of sp³-hybridized carbons (Fsp3) is 0.647. The molecule has 2 aliphatic carbocycles. The van der Waals surface area contributed by atoms with Gasteiger partial charge in [0.1, 0.15) is 11.5 Å². The highest BCUT2D eigenvalue weighted by atomic mass is 16.5. The summed E-state index contributed by atoms with van der Waals surface area (Å²) in [6.07, 6.45) is 6.72. The third-order valence-corrected chi connectivity index (χ3v) is 5.44. The molecule has 4 unspecified atom stereocenters. The van der Waals surface area contributed by atoms with Gasteiger partial charge in [-0.15, -0.1) is 0 Å². The molecule has 116 valence electrons. The van der Waals surface area contributed by atoms with Crippen LogP contribution >= 0.6 is 0 Å². The van der Waals surface area contributed by atoms with Crippen molar-refractivity contribution in [3.63, 3.8) is 0 Å². The maximum absolute atomic E-state index is 5.85. The van der Waals surface area contributed by atoms with Gasteiger partial charge in [-0.25, -0.2) is 0 Å². The highest BCUT2D eigenvalue weighted by Gasteiger charge is 2.40. The zero-order chi connectivity index (χ0) is 14.8. The van der Waals surface area contributed by atoms with E-state index in [9.17, 15) is 0 Å². The third kappa shape index (κ3) is 2.87. The number of hydrogen-bond acceptors (Lipinski definition) is 4. The van der Waals surface area contributed by atoms with Gasteiger partial charge < -0.3 is 9.47 Å². The van der Waals surface area contributed by atoms with E-state index < -0.39 is 0 Å². The summed E-state index contributed by atoms with van der Waals surface area (Å²) in [5.74, 6) is 10.2. The average Bonchev–Trinajstić information content (AvgIpc) is 3.14. The van der Waals surface area contributed by atoms with E-state index in [-0.39, 0.29) is 6.04 Å². The van der Waals surface area contributed by atoms with Gasteiger partial charge in [0.2, 0.25) is 0 Å². The topological polar surface area (TPSA) is 56.5 Å². The van der Waals surface area contributed by atoms with Crippen molar-refractivity contribution < 1.29 is 9.47 Å². The quantitative estimate of drug-likeness (QED) is 0.624. The highest BCUT2D eigenvalue weighted by molar-refractivity contribution is 5.42. The second-order valence-electron chi connectivity index (χ2n) is 6.50. The number of ether oxygens (including phenoxy) is 2. The highest BCUT2D eigenvalue weighted by Crippen LogP contribution is 2.51. The van der Waals surface area contributed by atoms with Crippen LogP contribution in [0.5, 0.6) is 11.5 Å². The van der Waals surface area contributed by atoms with Gasteiger partial charge >= 0.3 is 0 Å². The molecule has 21 heavy (non-hydrogen) atoms. The van der Waals surface area contributed by atoms with Crippen LogP contribution in [0.15, 0.2) is 18.2 Å². The number of methoxy groups -OCH3 is 2. The van der Waals surface area contributed by atoms with Gasteiger partial charge in [-0.2, -0.15) is 0 Å². The Morgan fingerprint density at radius 3 is 2.67 bits per heavy atom. The predicted molar refractivity (Wildman–Crippen MR) is 83.2 cm³/mol. The minimum absolute atomic E-state index is 0.124. The molecule has 2 aliphatic rings. The summed E-state index contributed by atoms with van der Waals surface area (Å²) in [5, 5.41) is 0. The third-order valence-electron chi connectivity index (χ3n) is 5.44. The SMILES string of the molecule is COc1ccc(OC)c(C(CC2CC3CCC2C3)NN)c1. The Kier molecular flexibility index (Phi) is 4.36. The molecular weight excluding hydrogens is 264 g/mol. The molecule has 2 saturated carbocycles. The minimum atomic E-state index is 0.124. The Morgan fingerprint density at radius 1 is 1.24 bits per heavy atom. The monoisotopic (exact) mass is 290 g/mol. The molecule has 0 amide bonds. The number of nitrogens with two attached hydrogens (primary N) is 1. The van der Waals surface area contributed by atoms with E-state index in [4.69, 9.17) is 15.3 Å². The van der Waals surface area contributed by atoms with E-state index in [1.165, 1.54) is 25.7 Å². The Labute approximate surface area is 127 Å². The molecule has 3 rings (SSSR count). The van der Waals surface area contributed by atoms with Crippen molar-refractivity contribution in [3.8, 4) is 11.5 Å². The van der Waals surface area contributed by atoms with Crippen LogP contribution in [0.4, 0.5) is 0 Å². The molecule has 4 nitrogen and oxygen atoms in total. The van der Waals surface area contributed by atoms with Crippen LogP contribution in [-0.4, -0.2) is 14.2 Å². The van der Waals surface area contributed by atoms with Gasteiger partial charge in [-0.05, 0) is 61.6 Å². The Balaban J connectivity index is 1.79. The van der Waals surface area contributed by atoms with E-state index in [1.807, 2.05) is 18.2 Å². The molecule has 0 saturated heterocycles. The lowest BCUT2D eigenvalue weighted by atomic mass is 9.82. The molecule has 0 radical (unpaired) electrons. The standard InChI is InChI=1S/C17H26N2O2/c1-20-14-5-6-17(21-2)15(10-14)16(19-18)9-13-8-11-3-4-12(13)7-11/h5-6,10-13,16,19H,3-4,7-9,18H2,1-2H3. The zero-order valence-corrected chi connectivity index (χ0v) is 13.0. The lowest BCUT2D eigenvalue weighted by Gasteiger charge is -2.27. The molecule has 0 spiro atoms. The van der Waals surface area contributed by atoms with Gasteiger partial charge in [0.05, 0.1) is 20.3 Å². The van der Waals surface area contributed by atoms with E-state index in [2.05, 4.69) is 5.43 Å². The second-order valence-corrected chi connectivity index (χ2v) is 6.50. The summed E-state index contributed by atoms with van der Waals surface area (Å²) in [6.45, 7) is 0. The van der Waals surface area contributed by atoms with Crippen molar-refractivity contribution in [2.24, 2.45) is 23.6 Å². The molecule has 0 aromatic heterocycles. The average molecular weight is 290 g/mol. The summed E-state index contributed by atoms with van der Waals surface area (Å²) in [7, 11) is 3.39. The van der Waals surface area contributed by atoms with Crippen LogP contribution in [0.1, 0.15) is 43.7 Å². The second kappa shape index (κ2) is 6.24. The van der Waals surface area contributed by atoms with Gasteiger partial charge in [-0.3, -0.25) is 11.3 Å². The molecule has 1 aromatic rings. The number of rotatable bonds is 6. The van der Waals surface area contributed by atoms with Gasteiger partial charge in [0.25, 0.3) is 0 Å². The first kappa shape index (κ1) is 14.7. The predicted octanol–water partition coefficient (Wildman–Crippen LogP) is 3.03. The zero-order valence-electron chi connectivity index (χ0n) is 13.0. The van der Waals surface area contributed by atoms with E-state index >= 15 is 0 Å². The van der Waals surface area contributed by atoms with E-state index in [0.29, 0.717) is 0 Å². The van der Waals surface area contributed by atoms with Crippen LogP contribution in [0, 0.1) is 17.8 Å². The smallest absolute Gasteiger partial charge is 0.123 e. The first-order valence-corrected chi connectivity index (χ1v) is 7.93. The molecule has 2 bridgehead atoms. The number of fused-ring (bicyclic) bond motifs is 2. The van der Waals surface area contributed by atoms with Gasteiger partial charge in [0.15, 0.2) is 0 Å². The molecule has 0 heterocycles. The van der Waals surface area contributed by atoms with Gasteiger partial charge in [-0.1, -0.05) is 6.42 Å². The Bertz CT molecular complexity index is 492. The first-order valence-electron chi connectivity index (χ1n) is 7.93. The van der Waals surface area contributed by atoms with Crippen molar-refractivity contribution in [2.45, 2.75) is 38.1 Å². The van der Waals surface area contributed by atoms with Crippen molar-refractivity contribution >= 4 is 0 Å². The minimum Gasteiger partial charge on any atom is -0.497 e. The lowest BCUT2D eigenvalue weighted by Crippen LogP contribution is -2.31. The normalized spacial score (nSPS) is 28.6. The molecule has 1 aromatic carbocycles. The summed E-state index contributed by atoms with van der Waals surface area (Å²) >= 11 is 0. The molecule has 2 fully saturated rings. The van der Waals surface area contributed by atoms with Crippen LogP contribution in [-0.2, 0) is 0 Å². The summed E-state index contributed by atoms with van der Waals surface area (Å²) in [4.78, 5) is 0. The van der Waals surface area contributed by atoms with Crippen LogP contribution in [0.2, 0.25) is 0 Å². The first-order chi connectivity index (χ1) is 10.2. The van der Waals surface area contributed by atoms with Crippen LogP contribution in [0.25, 0.3) is 0 Å². The molecule has 3 N–H and O–H groups in total. The van der Waals surface area contributed by atoms with Gasteiger partial charge in [0, 0.05) is 5.56 Å². The summed E-state index contributed by atoms with van der Waals surface area (Å²) < 4.78 is 10.8. The summed E-state index contributed by atoms with van der Waals surface area (Å²) in [5.41, 5.74) is 4.09. The lowest BCUT2D eigenvalue weighted by molar-refractivity contribution is 0.276. The molecule has 0 aliphatic heterocycles. The molecule has 4 heteroatoms. The van der Waals surface area contributed by atoms with Crippen molar-refractivity contribution in [1.82, 2.24) is 5.43 Å². The van der Waals surface area contributed by atoms with Crippen LogP contribution < -0.4 is 20.7 Å². The van der Waals surface area contributed by atoms with E-state index in [1.54, 1.807) is 14.2 Å². The number of hydrogen-bond donors (Lipinski definition) is 2. The Morgan fingerprint density at radius 2 is 2.10 bits per heavy atom. The number of hydrazine groups is 1. The maximum atomic E-state index is 5.85. The maximum Gasteiger partial charge on any atom is 0.123 e. The fourth-order valence-corrected chi connectivity index (χ4v) is 4.36. The largest absolute Gasteiger partial charge is 0.497 e. The van der Waals surface area contributed by atoms with Crippen LogP contribution in [0.3, 0.4) is 0 Å². The number of benzene rings is 1. The molecular formula is C17H26N2O2. The van der Waals surface area contributed by atoms with Crippen molar-refractivity contribution in [3.05, 3.63) is 23.8 Å². The fourth-order valence-electron chi connectivity index (χ4n) is 4.36.